The average molecular weight is 327 g/mol. The second-order valence-electron chi connectivity index (χ2n) is 4.34. The fraction of sp³-hybridized carbons (Fsp3) is 0.143. The van der Waals surface area contributed by atoms with Gasteiger partial charge in [-0.25, -0.2) is 4.39 Å². The Morgan fingerprint density at radius 3 is 2.89 bits per heavy atom. The van der Waals surface area contributed by atoms with Crippen LogP contribution >= 0.6 is 27.5 Å². The van der Waals surface area contributed by atoms with Crippen molar-refractivity contribution in [3.63, 3.8) is 0 Å². The Kier molecular flexibility index (Phi) is 3.04. The van der Waals surface area contributed by atoms with Crippen LogP contribution in [0.4, 0.5) is 10.1 Å². The quantitative estimate of drug-likeness (QED) is 0.782. The molecule has 2 aromatic carbocycles. The van der Waals surface area contributed by atoms with Crippen molar-refractivity contribution in [1.82, 2.24) is 0 Å². The van der Waals surface area contributed by atoms with Gasteiger partial charge in [-0.2, -0.15) is 0 Å². The molecule has 1 heterocycles. The summed E-state index contributed by atoms with van der Waals surface area (Å²) in [5.41, 5.74) is 2.77. The summed E-state index contributed by atoms with van der Waals surface area (Å²) < 4.78 is 14.9. The largest absolute Gasteiger partial charge is 0.378 e. The number of halogens is 3. The minimum absolute atomic E-state index is 0.0944. The fourth-order valence-corrected chi connectivity index (χ4v) is 3.05. The van der Waals surface area contributed by atoms with Crippen molar-refractivity contribution in [3.8, 4) is 0 Å². The van der Waals surface area contributed by atoms with Gasteiger partial charge in [-0.05, 0) is 42.3 Å². The summed E-state index contributed by atoms with van der Waals surface area (Å²) in [7, 11) is 0. The zero-order chi connectivity index (χ0) is 12.7. The molecule has 0 aliphatic carbocycles. The maximum absolute atomic E-state index is 13.9. The Morgan fingerprint density at radius 1 is 1.28 bits per heavy atom. The summed E-state index contributed by atoms with van der Waals surface area (Å²) in [4.78, 5) is 0. The zero-order valence-electron chi connectivity index (χ0n) is 9.38. The molecule has 92 valence electrons. The van der Waals surface area contributed by atoms with Gasteiger partial charge in [0.05, 0.1) is 6.04 Å². The predicted octanol–water partition coefficient (Wildman–Crippen LogP) is 4.95. The van der Waals surface area contributed by atoms with Crippen LogP contribution < -0.4 is 5.32 Å². The lowest BCUT2D eigenvalue weighted by molar-refractivity contribution is 0.596. The van der Waals surface area contributed by atoms with E-state index in [2.05, 4.69) is 27.3 Å². The highest BCUT2D eigenvalue weighted by Gasteiger charge is 2.26. The van der Waals surface area contributed by atoms with Crippen LogP contribution in [0.25, 0.3) is 0 Å². The number of anilines is 1. The van der Waals surface area contributed by atoms with Gasteiger partial charge in [-0.1, -0.05) is 33.6 Å². The summed E-state index contributed by atoms with van der Waals surface area (Å²) in [6, 6.07) is 10.7. The Morgan fingerprint density at radius 2 is 2.11 bits per heavy atom. The first kappa shape index (κ1) is 12.0. The van der Waals surface area contributed by atoms with Crippen molar-refractivity contribution in [2.45, 2.75) is 12.5 Å². The van der Waals surface area contributed by atoms with E-state index in [4.69, 9.17) is 11.6 Å². The zero-order valence-corrected chi connectivity index (χ0v) is 11.7. The topological polar surface area (TPSA) is 12.0 Å². The second kappa shape index (κ2) is 4.56. The maximum atomic E-state index is 13.9. The molecule has 0 aromatic heterocycles. The minimum atomic E-state index is -0.258. The summed E-state index contributed by atoms with van der Waals surface area (Å²) in [6.45, 7) is 0. The molecule has 0 spiro atoms. The molecule has 1 N–H and O–H groups in total. The first-order chi connectivity index (χ1) is 8.65. The number of fused-ring (bicyclic) bond motifs is 1. The molecule has 0 saturated carbocycles. The van der Waals surface area contributed by atoms with Gasteiger partial charge in [0.2, 0.25) is 0 Å². The number of hydrogen-bond donors (Lipinski definition) is 1. The standard InChI is InChI=1S/C14H10BrClFN/c15-9-4-5-12-8(6-9)7-13(18-12)14-10(16)2-1-3-11(14)17/h1-6,13,18H,7H2. The summed E-state index contributed by atoms with van der Waals surface area (Å²) in [5, 5.41) is 3.79. The van der Waals surface area contributed by atoms with Crippen LogP contribution in [0, 0.1) is 5.82 Å². The summed E-state index contributed by atoms with van der Waals surface area (Å²) >= 11 is 9.54. The SMILES string of the molecule is Fc1cccc(Cl)c1C1Cc2cc(Br)ccc2N1. The molecule has 4 heteroatoms. The highest BCUT2D eigenvalue weighted by atomic mass is 79.9. The van der Waals surface area contributed by atoms with Gasteiger partial charge in [0.15, 0.2) is 0 Å². The van der Waals surface area contributed by atoms with Crippen molar-refractivity contribution in [2.24, 2.45) is 0 Å². The first-order valence-electron chi connectivity index (χ1n) is 5.64. The van der Waals surface area contributed by atoms with E-state index in [-0.39, 0.29) is 11.9 Å². The Hall–Kier alpha value is -1.06. The molecule has 0 bridgehead atoms. The van der Waals surface area contributed by atoms with Gasteiger partial charge >= 0.3 is 0 Å². The molecular weight excluding hydrogens is 317 g/mol. The van der Waals surface area contributed by atoms with Crippen molar-refractivity contribution >= 4 is 33.2 Å². The lowest BCUT2D eigenvalue weighted by Crippen LogP contribution is -2.08. The molecule has 3 rings (SSSR count). The molecular formula is C14H10BrClFN. The van der Waals surface area contributed by atoms with Crippen molar-refractivity contribution in [3.05, 3.63) is 62.8 Å². The highest BCUT2D eigenvalue weighted by molar-refractivity contribution is 9.10. The van der Waals surface area contributed by atoms with E-state index in [9.17, 15) is 4.39 Å². The molecule has 0 radical (unpaired) electrons. The van der Waals surface area contributed by atoms with E-state index in [0.29, 0.717) is 10.6 Å². The van der Waals surface area contributed by atoms with Crippen LogP contribution in [0.15, 0.2) is 40.9 Å². The molecule has 18 heavy (non-hydrogen) atoms. The van der Waals surface area contributed by atoms with Crippen LogP contribution in [0.5, 0.6) is 0 Å². The van der Waals surface area contributed by atoms with Crippen LogP contribution in [-0.2, 0) is 6.42 Å². The third-order valence-electron chi connectivity index (χ3n) is 3.17. The van der Waals surface area contributed by atoms with Gasteiger partial charge in [0, 0.05) is 20.7 Å². The van der Waals surface area contributed by atoms with E-state index in [1.54, 1.807) is 12.1 Å². The van der Waals surface area contributed by atoms with Gasteiger partial charge in [-0.3, -0.25) is 0 Å². The third-order valence-corrected chi connectivity index (χ3v) is 3.99. The molecule has 0 amide bonds. The fourth-order valence-electron chi connectivity index (χ4n) is 2.35. The first-order valence-corrected chi connectivity index (χ1v) is 6.81. The van der Waals surface area contributed by atoms with E-state index in [1.165, 1.54) is 11.6 Å². The normalized spacial score (nSPS) is 17.4. The molecule has 1 aliphatic heterocycles. The van der Waals surface area contributed by atoms with Gasteiger partial charge in [0.25, 0.3) is 0 Å². The van der Waals surface area contributed by atoms with Crippen LogP contribution in [0.3, 0.4) is 0 Å². The van der Waals surface area contributed by atoms with Crippen molar-refractivity contribution in [2.75, 3.05) is 5.32 Å². The highest BCUT2D eigenvalue weighted by Crippen LogP contribution is 2.38. The Labute approximate surface area is 118 Å². The smallest absolute Gasteiger partial charge is 0.129 e. The maximum Gasteiger partial charge on any atom is 0.129 e. The van der Waals surface area contributed by atoms with Crippen molar-refractivity contribution in [1.29, 1.82) is 0 Å². The van der Waals surface area contributed by atoms with Gasteiger partial charge < -0.3 is 5.32 Å². The molecule has 1 nitrogen and oxygen atoms in total. The molecule has 2 aromatic rings. The van der Waals surface area contributed by atoms with E-state index in [0.717, 1.165) is 16.6 Å². The second-order valence-corrected chi connectivity index (χ2v) is 5.66. The lowest BCUT2D eigenvalue weighted by atomic mass is 10.0. The third kappa shape index (κ3) is 2.02. The van der Waals surface area contributed by atoms with E-state index in [1.807, 2.05) is 12.1 Å². The molecule has 0 fully saturated rings. The summed E-state index contributed by atoms with van der Waals surface area (Å²) in [6.07, 6.45) is 0.745. The molecule has 1 atom stereocenters. The molecule has 1 unspecified atom stereocenters. The van der Waals surface area contributed by atoms with Crippen LogP contribution in [0.2, 0.25) is 5.02 Å². The Balaban J connectivity index is 1.99. The monoisotopic (exact) mass is 325 g/mol. The molecule has 1 aliphatic rings. The van der Waals surface area contributed by atoms with Gasteiger partial charge in [0.1, 0.15) is 5.82 Å². The Bertz CT molecular complexity index is 594. The van der Waals surface area contributed by atoms with Crippen molar-refractivity contribution < 1.29 is 4.39 Å². The number of benzene rings is 2. The predicted molar refractivity (Wildman–Crippen MR) is 75.6 cm³/mol. The van der Waals surface area contributed by atoms with E-state index >= 15 is 0 Å². The van der Waals surface area contributed by atoms with Gasteiger partial charge in [-0.15, -0.1) is 0 Å². The minimum Gasteiger partial charge on any atom is -0.378 e. The number of hydrogen-bond acceptors (Lipinski definition) is 1. The van der Waals surface area contributed by atoms with Crippen LogP contribution in [0.1, 0.15) is 17.2 Å². The van der Waals surface area contributed by atoms with E-state index < -0.39 is 0 Å². The summed E-state index contributed by atoms with van der Waals surface area (Å²) in [5.74, 6) is -0.258. The molecule has 0 saturated heterocycles. The van der Waals surface area contributed by atoms with Crippen LogP contribution in [-0.4, -0.2) is 0 Å². The average Bonchev–Trinajstić information content (AvgIpc) is 2.71. The number of nitrogens with one attached hydrogen (secondary N) is 1. The lowest BCUT2D eigenvalue weighted by Gasteiger charge is -2.14. The number of rotatable bonds is 1.